The number of nitrogens with one attached hydrogen (secondary N) is 1. The van der Waals surface area contributed by atoms with Crippen LogP contribution in [0.25, 0.3) is 0 Å². The van der Waals surface area contributed by atoms with Gasteiger partial charge in [-0.2, -0.15) is 5.26 Å². The van der Waals surface area contributed by atoms with E-state index in [0.717, 1.165) is 17.2 Å². The Labute approximate surface area is 88.8 Å². The first kappa shape index (κ1) is 11.2. The van der Waals surface area contributed by atoms with Crippen LogP contribution in [0.15, 0.2) is 5.38 Å². The normalized spacial score (nSPS) is 12.8. The lowest BCUT2D eigenvalue weighted by Gasteiger charge is -2.10. The summed E-state index contributed by atoms with van der Waals surface area (Å²) in [5.74, 6) is 0.548. The molecule has 1 unspecified atom stereocenters. The molecule has 0 aliphatic carbocycles. The van der Waals surface area contributed by atoms with Crippen molar-refractivity contribution in [2.24, 2.45) is 5.92 Å². The fourth-order valence-corrected chi connectivity index (χ4v) is 1.86. The van der Waals surface area contributed by atoms with Gasteiger partial charge in [0.2, 0.25) is 0 Å². The van der Waals surface area contributed by atoms with Crippen LogP contribution in [-0.4, -0.2) is 11.5 Å². The van der Waals surface area contributed by atoms with Crippen LogP contribution in [0.3, 0.4) is 0 Å². The van der Waals surface area contributed by atoms with Gasteiger partial charge in [-0.1, -0.05) is 13.8 Å². The minimum Gasteiger partial charge on any atom is -0.296 e. The van der Waals surface area contributed by atoms with Crippen molar-refractivity contribution in [2.75, 3.05) is 6.54 Å². The van der Waals surface area contributed by atoms with E-state index >= 15 is 0 Å². The summed E-state index contributed by atoms with van der Waals surface area (Å²) < 4.78 is 0. The van der Waals surface area contributed by atoms with E-state index in [2.05, 4.69) is 30.2 Å². The smallest absolute Gasteiger partial charge is 0.148 e. The summed E-state index contributed by atoms with van der Waals surface area (Å²) >= 11 is 1.54. The second kappa shape index (κ2) is 5.08. The third kappa shape index (κ3) is 3.09. The highest BCUT2D eigenvalue weighted by Crippen LogP contribution is 2.17. The molecule has 0 saturated carbocycles. The van der Waals surface area contributed by atoms with Gasteiger partial charge in [-0.25, -0.2) is 4.98 Å². The summed E-state index contributed by atoms with van der Waals surface area (Å²) in [6.45, 7) is 7.02. The molecule has 0 bridgehead atoms. The molecule has 1 N–H and O–H groups in total. The fourth-order valence-electron chi connectivity index (χ4n) is 1.05. The lowest BCUT2D eigenvalue weighted by molar-refractivity contribution is 0.524. The molecule has 0 spiro atoms. The van der Waals surface area contributed by atoms with E-state index < -0.39 is 0 Å². The highest BCUT2D eigenvalue weighted by atomic mass is 32.1. The van der Waals surface area contributed by atoms with Crippen molar-refractivity contribution in [2.45, 2.75) is 26.8 Å². The molecule has 0 aliphatic rings. The number of nitriles is 1. The zero-order chi connectivity index (χ0) is 10.6. The molecule has 0 amide bonds. The Morgan fingerprint density at radius 2 is 2.36 bits per heavy atom. The quantitative estimate of drug-likeness (QED) is 0.827. The molecule has 1 heterocycles. The van der Waals surface area contributed by atoms with Crippen LogP contribution in [0.1, 0.15) is 30.6 Å². The Balaban J connectivity index is 2.60. The summed E-state index contributed by atoms with van der Waals surface area (Å²) in [6, 6.07) is 1.97. The molecular formula is C10H15N3S. The highest BCUT2D eigenvalue weighted by Gasteiger charge is 2.13. The maximum Gasteiger partial charge on any atom is 0.148 e. The first-order valence-electron chi connectivity index (χ1n) is 4.68. The summed E-state index contributed by atoms with van der Waals surface area (Å²) in [6.07, 6.45) is 0. The first-order valence-corrected chi connectivity index (χ1v) is 5.56. The van der Waals surface area contributed by atoms with Gasteiger partial charge in [0.15, 0.2) is 0 Å². The molecule has 0 fully saturated rings. The fraction of sp³-hybridized carbons (Fsp3) is 0.600. The number of hydrogen-bond acceptors (Lipinski definition) is 4. The van der Waals surface area contributed by atoms with Crippen LogP contribution < -0.4 is 5.32 Å². The lowest BCUT2D eigenvalue weighted by Crippen LogP contribution is -2.24. The van der Waals surface area contributed by atoms with Gasteiger partial charge >= 0.3 is 0 Å². The third-order valence-corrected chi connectivity index (χ3v) is 2.77. The van der Waals surface area contributed by atoms with E-state index in [1.807, 2.05) is 12.3 Å². The Bertz CT molecular complexity index is 324. The van der Waals surface area contributed by atoms with E-state index in [-0.39, 0.29) is 6.04 Å². The molecule has 0 radical (unpaired) electrons. The SMILES string of the molecule is Cc1csc(C(C#N)NCC(C)C)n1. The number of nitrogens with zero attached hydrogens (tertiary/aromatic N) is 2. The second-order valence-corrected chi connectivity index (χ2v) is 4.58. The molecule has 1 aromatic heterocycles. The van der Waals surface area contributed by atoms with Crippen LogP contribution in [0.2, 0.25) is 0 Å². The van der Waals surface area contributed by atoms with Gasteiger partial charge in [0, 0.05) is 11.1 Å². The zero-order valence-electron chi connectivity index (χ0n) is 8.74. The van der Waals surface area contributed by atoms with Crippen molar-refractivity contribution in [1.29, 1.82) is 5.26 Å². The average Bonchev–Trinajstić information content (AvgIpc) is 2.53. The first-order chi connectivity index (χ1) is 6.63. The second-order valence-electron chi connectivity index (χ2n) is 3.69. The van der Waals surface area contributed by atoms with Crippen molar-refractivity contribution in [3.05, 3.63) is 16.1 Å². The maximum atomic E-state index is 8.96. The number of thiazole rings is 1. The van der Waals surface area contributed by atoms with E-state index in [1.165, 1.54) is 11.3 Å². The Kier molecular flexibility index (Phi) is 4.05. The van der Waals surface area contributed by atoms with Crippen molar-refractivity contribution in [3.8, 4) is 6.07 Å². The minimum absolute atomic E-state index is 0.254. The van der Waals surface area contributed by atoms with E-state index in [9.17, 15) is 0 Å². The van der Waals surface area contributed by atoms with Gasteiger partial charge in [-0.15, -0.1) is 11.3 Å². The predicted octanol–water partition coefficient (Wildman–Crippen LogP) is 2.26. The Morgan fingerprint density at radius 3 is 2.79 bits per heavy atom. The van der Waals surface area contributed by atoms with Gasteiger partial charge in [-0.3, -0.25) is 5.32 Å². The molecule has 1 aromatic rings. The third-order valence-electron chi connectivity index (χ3n) is 1.74. The largest absolute Gasteiger partial charge is 0.296 e. The van der Waals surface area contributed by atoms with E-state index in [1.54, 1.807) is 0 Å². The molecule has 1 atom stereocenters. The van der Waals surface area contributed by atoms with Crippen molar-refractivity contribution in [3.63, 3.8) is 0 Å². The van der Waals surface area contributed by atoms with Crippen LogP contribution in [0.4, 0.5) is 0 Å². The topological polar surface area (TPSA) is 48.7 Å². The number of rotatable bonds is 4. The van der Waals surface area contributed by atoms with E-state index in [4.69, 9.17) is 5.26 Å². The molecule has 14 heavy (non-hydrogen) atoms. The van der Waals surface area contributed by atoms with Crippen LogP contribution in [-0.2, 0) is 0 Å². The number of aromatic nitrogens is 1. The van der Waals surface area contributed by atoms with E-state index in [0.29, 0.717) is 5.92 Å². The molecule has 76 valence electrons. The van der Waals surface area contributed by atoms with Crippen molar-refractivity contribution in [1.82, 2.24) is 10.3 Å². The van der Waals surface area contributed by atoms with Gasteiger partial charge < -0.3 is 0 Å². The molecule has 4 heteroatoms. The molecule has 0 saturated heterocycles. The summed E-state index contributed by atoms with van der Waals surface area (Å²) in [5.41, 5.74) is 0.983. The lowest BCUT2D eigenvalue weighted by atomic mass is 10.2. The Hall–Kier alpha value is -0.920. The average molecular weight is 209 g/mol. The number of aryl methyl sites for hydroxylation is 1. The zero-order valence-corrected chi connectivity index (χ0v) is 9.56. The van der Waals surface area contributed by atoms with Gasteiger partial charge in [-0.05, 0) is 19.4 Å². The van der Waals surface area contributed by atoms with Crippen molar-refractivity contribution >= 4 is 11.3 Å². The van der Waals surface area contributed by atoms with Gasteiger partial charge in [0.25, 0.3) is 0 Å². The van der Waals surface area contributed by atoms with Crippen molar-refractivity contribution < 1.29 is 0 Å². The predicted molar refractivity (Wildman–Crippen MR) is 58.0 cm³/mol. The molecule has 1 rings (SSSR count). The standard InChI is InChI=1S/C10H15N3S/c1-7(2)5-12-9(4-11)10-13-8(3)6-14-10/h6-7,9,12H,5H2,1-3H3. The highest BCUT2D eigenvalue weighted by molar-refractivity contribution is 7.09. The summed E-state index contributed by atoms with van der Waals surface area (Å²) in [4.78, 5) is 4.29. The van der Waals surface area contributed by atoms with Gasteiger partial charge in [0.1, 0.15) is 11.0 Å². The summed E-state index contributed by atoms with van der Waals surface area (Å²) in [7, 11) is 0. The molecule has 0 aliphatic heterocycles. The molecule has 3 nitrogen and oxygen atoms in total. The minimum atomic E-state index is -0.254. The van der Waals surface area contributed by atoms with Crippen LogP contribution in [0.5, 0.6) is 0 Å². The maximum absolute atomic E-state index is 8.96. The van der Waals surface area contributed by atoms with Crippen LogP contribution in [0, 0.1) is 24.2 Å². The van der Waals surface area contributed by atoms with Gasteiger partial charge in [0.05, 0.1) is 6.07 Å². The molecule has 0 aromatic carbocycles. The Morgan fingerprint density at radius 1 is 1.64 bits per heavy atom. The number of hydrogen-bond donors (Lipinski definition) is 1. The molecular weight excluding hydrogens is 194 g/mol. The summed E-state index contributed by atoms with van der Waals surface area (Å²) in [5, 5.41) is 15.0. The van der Waals surface area contributed by atoms with Crippen LogP contribution >= 0.6 is 11.3 Å². The monoisotopic (exact) mass is 209 g/mol.